The van der Waals surface area contributed by atoms with Crippen LogP contribution in [0.5, 0.6) is 0 Å². The summed E-state index contributed by atoms with van der Waals surface area (Å²) in [4.78, 5) is 5.27. The van der Waals surface area contributed by atoms with Crippen molar-refractivity contribution in [2.75, 3.05) is 44.3 Å². The molecule has 0 bridgehead atoms. The maximum atomic E-state index is 12.6. The molecule has 0 unspecified atom stereocenters. The number of anilines is 1. The summed E-state index contributed by atoms with van der Waals surface area (Å²) in [5.41, 5.74) is 6.96. The van der Waals surface area contributed by atoms with Crippen molar-refractivity contribution in [1.82, 2.24) is 4.90 Å². The number of nitrogens with zero attached hydrogens (tertiary/aromatic N) is 4. The zero-order valence-corrected chi connectivity index (χ0v) is 24.8. The number of rotatable bonds is 11. The SMILES string of the molecule is CCN(CC)c1ccc(C=C2CCC(C=NN=Cc3ccc(-c4ccc(SC(F)F)cc4)o3)=C2N2CCOCC2)cc1. The lowest BCUT2D eigenvalue weighted by molar-refractivity contribution is 0.0548. The van der Waals surface area contributed by atoms with Crippen LogP contribution in [0, 0.1) is 0 Å². The van der Waals surface area contributed by atoms with Gasteiger partial charge in [0, 0.05) is 48.0 Å². The molecule has 0 spiro atoms. The average Bonchev–Trinajstić information content (AvgIpc) is 3.64. The molecule has 2 heterocycles. The fraction of sp³-hybridized carbons (Fsp3) is 0.333. The van der Waals surface area contributed by atoms with Crippen LogP contribution in [0.15, 0.2) is 97.0 Å². The summed E-state index contributed by atoms with van der Waals surface area (Å²) in [5, 5.41) is 8.62. The summed E-state index contributed by atoms with van der Waals surface area (Å²) in [6.07, 6.45) is 7.59. The zero-order valence-electron chi connectivity index (χ0n) is 24.0. The van der Waals surface area contributed by atoms with Crippen molar-refractivity contribution in [2.24, 2.45) is 10.2 Å². The summed E-state index contributed by atoms with van der Waals surface area (Å²) in [5.74, 6) is -1.23. The number of ether oxygens (including phenoxy) is 1. The van der Waals surface area contributed by atoms with Crippen LogP contribution < -0.4 is 4.90 Å². The predicted octanol–water partition coefficient (Wildman–Crippen LogP) is 7.98. The summed E-state index contributed by atoms with van der Waals surface area (Å²) < 4.78 is 36.6. The molecule has 1 aromatic heterocycles. The smallest absolute Gasteiger partial charge is 0.288 e. The van der Waals surface area contributed by atoms with Crippen LogP contribution in [0.25, 0.3) is 17.4 Å². The number of thioether (sulfide) groups is 1. The summed E-state index contributed by atoms with van der Waals surface area (Å²) in [6.45, 7) is 9.47. The molecule has 0 radical (unpaired) electrons. The quantitative estimate of drug-likeness (QED) is 0.129. The normalized spacial score (nSPS) is 17.1. The Kier molecular flexibility index (Phi) is 10.3. The van der Waals surface area contributed by atoms with Crippen LogP contribution in [-0.4, -0.2) is 62.5 Å². The van der Waals surface area contributed by atoms with Gasteiger partial charge in [0.1, 0.15) is 11.5 Å². The van der Waals surface area contributed by atoms with Crippen molar-refractivity contribution in [3.63, 3.8) is 0 Å². The minimum atomic E-state index is -2.44. The lowest BCUT2D eigenvalue weighted by Gasteiger charge is -2.31. The van der Waals surface area contributed by atoms with Crippen molar-refractivity contribution in [3.8, 4) is 11.3 Å². The lowest BCUT2D eigenvalue weighted by atomic mass is 10.1. The van der Waals surface area contributed by atoms with Gasteiger partial charge in [0.2, 0.25) is 0 Å². The second-order valence-electron chi connectivity index (χ2n) is 10.0. The number of furan rings is 1. The highest BCUT2D eigenvalue weighted by molar-refractivity contribution is 7.99. The minimum absolute atomic E-state index is 0.514. The minimum Gasteiger partial charge on any atom is -0.455 e. The third-order valence-electron chi connectivity index (χ3n) is 7.42. The van der Waals surface area contributed by atoms with Gasteiger partial charge in [-0.25, -0.2) is 0 Å². The molecule has 0 N–H and O–H groups in total. The van der Waals surface area contributed by atoms with Gasteiger partial charge in [0.05, 0.1) is 25.6 Å². The molecule has 6 nitrogen and oxygen atoms in total. The van der Waals surface area contributed by atoms with E-state index >= 15 is 0 Å². The molecule has 220 valence electrons. The molecule has 2 aliphatic rings. The highest BCUT2D eigenvalue weighted by atomic mass is 32.2. The Morgan fingerprint density at radius 1 is 0.905 bits per heavy atom. The number of halogens is 2. The van der Waals surface area contributed by atoms with E-state index in [1.807, 2.05) is 18.3 Å². The first kappa shape index (κ1) is 29.8. The number of morpholine rings is 1. The van der Waals surface area contributed by atoms with Crippen LogP contribution in [0.2, 0.25) is 0 Å². The van der Waals surface area contributed by atoms with Crippen LogP contribution in [0.1, 0.15) is 38.0 Å². The molecule has 0 amide bonds. The van der Waals surface area contributed by atoms with Crippen LogP contribution in [0.3, 0.4) is 0 Å². The Bertz CT molecular complexity index is 1440. The second kappa shape index (κ2) is 14.5. The largest absolute Gasteiger partial charge is 0.455 e. The third-order valence-corrected chi connectivity index (χ3v) is 8.14. The Labute approximate surface area is 250 Å². The van der Waals surface area contributed by atoms with E-state index < -0.39 is 5.76 Å². The maximum Gasteiger partial charge on any atom is 0.288 e. The van der Waals surface area contributed by atoms with E-state index in [0.717, 1.165) is 44.6 Å². The van der Waals surface area contributed by atoms with Crippen molar-refractivity contribution in [3.05, 3.63) is 88.8 Å². The van der Waals surface area contributed by atoms with Gasteiger partial charge in [-0.2, -0.15) is 19.0 Å². The Hall–Kier alpha value is -3.69. The monoisotopic (exact) mass is 590 g/mol. The summed E-state index contributed by atoms with van der Waals surface area (Å²) >= 11 is 0.525. The lowest BCUT2D eigenvalue weighted by Crippen LogP contribution is -2.36. The molecular weight excluding hydrogens is 554 g/mol. The van der Waals surface area contributed by atoms with E-state index in [1.165, 1.54) is 28.1 Å². The van der Waals surface area contributed by atoms with E-state index in [0.29, 0.717) is 41.4 Å². The van der Waals surface area contributed by atoms with Crippen LogP contribution in [-0.2, 0) is 4.74 Å². The van der Waals surface area contributed by atoms with Crippen molar-refractivity contribution >= 4 is 36.0 Å². The highest BCUT2D eigenvalue weighted by Gasteiger charge is 2.25. The van der Waals surface area contributed by atoms with Crippen LogP contribution >= 0.6 is 11.8 Å². The van der Waals surface area contributed by atoms with Gasteiger partial charge in [-0.1, -0.05) is 36.0 Å². The van der Waals surface area contributed by atoms with E-state index in [4.69, 9.17) is 9.15 Å². The molecule has 1 aliphatic carbocycles. The first-order valence-electron chi connectivity index (χ1n) is 14.4. The molecule has 42 heavy (non-hydrogen) atoms. The first-order valence-corrected chi connectivity index (χ1v) is 15.2. The third kappa shape index (κ3) is 7.57. The summed E-state index contributed by atoms with van der Waals surface area (Å²) in [6, 6.07) is 19.3. The number of alkyl halides is 2. The molecular formula is C33H36F2N4O2S. The zero-order chi connectivity index (χ0) is 29.3. The molecule has 9 heteroatoms. The second-order valence-corrected chi connectivity index (χ2v) is 11.1. The number of benzene rings is 2. The molecule has 1 aliphatic heterocycles. The summed E-state index contributed by atoms with van der Waals surface area (Å²) in [7, 11) is 0. The number of hydrogen-bond acceptors (Lipinski definition) is 7. The molecule has 3 aromatic rings. The van der Waals surface area contributed by atoms with E-state index in [2.05, 4.69) is 64.2 Å². The molecule has 0 saturated carbocycles. The van der Waals surface area contributed by atoms with Gasteiger partial charge in [0.15, 0.2) is 0 Å². The van der Waals surface area contributed by atoms with E-state index in [1.54, 1.807) is 30.5 Å². The Morgan fingerprint density at radius 3 is 2.31 bits per heavy atom. The van der Waals surface area contributed by atoms with Gasteiger partial charge in [-0.15, -0.1) is 0 Å². The number of allylic oxidation sites excluding steroid dienone is 2. The highest BCUT2D eigenvalue weighted by Crippen LogP contribution is 2.35. The van der Waals surface area contributed by atoms with Gasteiger partial charge >= 0.3 is 0 Å². The Balaban J connectivity index is 1.30. The molecule has 5 rings (SSSR count). The molecule has 2 aromatic carbocycles. The standard InChI is InChI=1S/C33H36F2N4O2S/c1-3-38(4-2)28-11-5-24(6-12-28)21-26-7-8-27(32(26)39-17-19-40-20-18-39)22-36-37-23-29-13-16-31(41-29)25-9-14-30(15-10-25)42-33(34)35/h5-6,9-16,21-23,33H,3-4,7-8,17-20H2,1-2H3. The predicted molar refractivity (Wildman–Crippen MR) is 169 cm³/mol. The fourth-order valence-electron chi connectivity index (χ4n) is 5.31. The Morgan fingerprint density at radius 2 is 1.62 bits per heavy atom. The number of hydrogen-bond donors (Lipinski definition) is 0. The topological polar surface area (TPSA) is 53.6 Å². The fourth-order valence-corrected chi connectivity index (χ4v) is 5.81. The molecule has 0 atom stereocenters. The molecule has 1 saturated heterocycles. The maximum absolute atomic E-state index is 12.6. The molecule has 1 fully saturated rings. The van der Waals surface area contributed by atoms with E-state index in [-0.39, 0.29) is 0 Å². The van der Waals surface area contributed by atoms with E-state index in [9.17, 15) is 8.78 Å². The van der Waals surface area contributed by atoms with Gasteiger partial charge < -0.3 is 19.0 Å². The first-order chi connectivity index (χ1) is 20.5. The van der Waals surface area contributed by atoms with Gasteiger partial charge in [-0.3, -0.25) is 0 Å². The van der Waals surface area contributed by atoms with Crippen molar-refractivity contribution in [1.29, 1.82) is 0 Å². The van der Waals surface area contributed by atoms with Gasteiger partial charge in [0.25, 0.3) is 5.76 Å². The average molecular weight is 591 g/mol. The van der Waals surface area contributed by atoms with Crippen molar-refractivity contribution in [2.45, 2.75) is 37.3 Å². The van der Waals surface area contributed by atoms with Gasteiger partial charge in [-0.05, 0) is 85.9 Å². The van der Waals surface area contributed by atoms with Crippen molar-refractivity contribution < 1.29 is 17.9 Å². The van der Waals surface area contributed by atoms with Crippen LogP contribution in [0.4, 0.5) is 14.5 Å².